The van der Waals surface area contributed by atoms with Gasteiger partial charge in [0, 0.05) is 49.4 Å². The molecule has 0 radical (unpaired) electrons. The Kier molecular flexibility index (Phi) is 5.96. The van der Waals surface area contributed by atoms with E-state index in [4.69, 9.17) is 0 Å². The Morgan fingerprint density at radius 3 is 1.04 bits per heavy atom. The molecule has 238 valence electrons. The Hall–Kier alpha value is -6.84. The minimum atomic E-state index is 1.14. The SMILES string of the molecule is c1ccc(-n2c3ccccc3c3cc4c5ccccc5n(-c5cccc(-c6cccc(-n7c8ccccc8c8ccccc87)c6)c5)c4cc32)cc1. The molecule has 0 fully saturated rings. The van der Waals surface area contributed by atoms with Crippen LogP contribution in [0, 0.1) is 0 Å². The predicted octanol–water partition coefficient (Wildman–Crippen LogP) is 12.6. The van der Waals surface area contributed by atoms with Gasteiger partial charge in [0.05, 0.1) is 33.1 Å². The van der Waals surface area contributed by atoms with Crippen LogP contribution in [0.5, 0.6) is 0 Å². The average Bonchev–Trinajstić information content (AvgIpc) is 3.83. The number of rotatable bonds is 4. The van der Waals surface area contributed by atoms with Crippen LogP contribution in [0.3, 0.4) is 0 Å². The Morgan fingerprint density at radius 2 is 0.569 bits per heavy atom. The van der Waals surface area contributed by atoms with E-state index in [1.165, 1.54) is 76.5 Å². The van der Waals surface area contributed by atoms with E-state index < -0.39 is 0 Å². The zero-order valence-electron chi connectivity index (χ0n) is 27.7. The van der Waals surface area contributed by atoms with Crippen molar-refractivity contribution in [3.05, 3.63) is 188 Å². The van der Waals surface area contributed by atoms with Crippen LogP contribution in [0.15, 0.2) is 188 Å². The molecule has 0 N–H and O–H groups in total. The Bertz CT molecular complexity index is 3080. The minimum Gasteiger partial charge on any atom is -0.309 e. The zero-order valence-corrected chi connectivity index (χ0v) is 27.7. The maximum atomic E-state index is 2.44. The molecule has 8 aromatic carbocycles. The molecule has 3 heteroatoms. The molecule has 3 aromatic heterocycles. The highest BCUT2D eigenvalue weighted by Crippen LogP contribution is 2.40. The first kappa shape index (κ1) is 28.0. The van der Waals surface area contributed by atoms with Crippen LogP contribution in [-0.4, -0.2) is 13.7 Å². The zero-order chi connectivity index (χ0) is 33.5. The van der Waals surface area contributed by atoms with Gasteiger partial charge in [-0.1, -0.05) is 115 Å². The van der Waals surface area contributed by atoms with E-state index in [1.807, 2.05) is 0 Å². The average molecular weight is 650 g/mol. The fourth-order valence-corrected chi connectivity index (χ4v) is 8.41. The topological polar surface area (TPSA) is 14.8 Å². The molecular weight excluding hydrogens is 619 g/mol. The van der Waals surface area contributed by atoms with Gasteiger partial charge in [-0.05, 0) is 83.9 Å². The lowest BCUT2D eigenvalue weighted by atomic mass is 10.0. The van der Waals surface area contributed by atoms with E-state index in [0.29, 0.717) is 0 Å². The van der Waals surface area contributed by atoms with Crippen LogP contribution < -0.4 is 0 Å². The number of hydrogen-bond acceptors (Lipinski definition) is 0. The van der Waals surface area contributed by atoms with E-state index in [9.17, 15) is 0 Å². The highest BCUT2D eigenvalue weighted by atomic mass is 15.0. The first-order chi connectivity index (χ1) is 25.3. The molecule has 0 aliphatic rings. The van der Waals surface area contributed by atoms with Gasteiger partial charge in [0.2, 0.25) is 0 Å². The van der Waals surface area contributed by atoms with Crippen LogP contribution >= 0.6 is 0 Å². The van der Waals surface area contributed by atoms with Gasteiger partial charge < -0.3 is 13.7 Å². The Balaban J connectivity index is 1.13. The van der Waals surface area contributed by atoms with Crippen molar-refractivity contribution in [2.24, 2.45) is 0 Å². The van der Waals surface area contributed by atoms with Crippen molar-refractivity contribution in [1.82, 2.24) is 13.7 Å². The molecule has 51 heavy (non-hydrogen) atoms. The lowest BCUT2D eigenvalue weighted by Gasteiger charge is -2.13. The highest BCUT2D eigenvalue weighted by molar-refractivity contribution is 6.19. The summed E-state index contributed by atoms with van der Waals surface area (Å²) in [5.74, 6) is 0. The predicted molar refractivity (Wildman–Crippen MR) is 215 cm³/mol. The molecule has 0 saturated carbocycles. The summed E-state index contributed by atoms with van der Waals surface area (Å²) in [4.78, 5) is 0. The maximum Gasteiger partial charge on any atom is 0.0562 e. The summed E-state index contributed by atoms with van der Waals surface area (Å²) in [6.07, 6.45) is 0. The Morgan fingerprint density at radius 1 is 0.216 bits per heavy atom. The smallest absolute Gasteiger partial charge is 0.0562 e. The van der Waals surface area contributed by atoms with E-state index >= 15 is 0 Å². The van der Waals surface area contributed by atoms with Crippen LogP contribution in [-0.2, 0) is 0 Å². The van der Waals surface area contributed by atoms with Crippen LogP contribution in [0.1, 0.15) is 0 Å². The molecule has 11 rings (SSSR count). The molecule has 0 unspecified atom stereocenters. The van der Waals surface area contributed by atoms with Crippen LogP contribution in [0.2, 0.25) is 0 Å². The first-order valence-electron chi connectivity index (χ1n) is 17.5. The van der Waals surface area contributed by atoms with E-state index in [0.717, 1.165) is 17.1 Å². The number of fused-ring (bicyclic) bond motifs is 9. The third-order valence-corrected chi connectivity index (χ3v) is 10.6. The summed E-state index contributed by atoms with van der Waals surface area (Å²) >= 11 is 0. The molecular formula is C48H31N3. The van der Waals surface area contributed by atoms with Crippen molar-refractivity contribution < 1.29 is 0 Å². The van der Waals surface area contributed by atoms with Gasteiger partial charge in [-0.2, -0.15) is 0 Å². The monoisotopic (exact) mass is 649 g/mol. The van der Waals surface area contributed by atoms with Crippen molar-refractivity contribution >= 4 is 65.4 Å². The number of benzene rings is 8. The fourth-order valence-electron chi connectivity index (χ4n) is 8.41. The summed E-state index contributed by atoms with van der Waals surface area (Å²) in [6.45, 7) is 0. The number of aromatic nitrogens is 3. The standard InChI is InChI=1S/C48H31N3/c1-2-16-34(17-3-1)49-45-26-10-6-22-39(45)41-30-42-40-23-7-11-27-46(40)51(48(42)31-47(41)49)36-19-13-15-33(29-36)32-14-12-18-35(28-32)50-43-24-8-4-20-37(43)38-21-5-9-25-44(38)50/h1-31H. The highest BCUT2D eigenvalue weighted by Gasteiger charge is 2.19. The third kappa shape index (κ3) is 4.12. The second-order valence-corrected chi connectivity index (χ2v) is 13.4. The second kappa shape index (κ2) is 10.8. The third-order valence-electron chi connectivity index (χ3n) is 10.6. The summed E-state index contributed by atoms with van der Waals surface area (Å²) in [6, 6.07) is 68.4. The van der Waals surface area contributed by atoms with E-state index in [-0.39, 0.29) is 0 Å². The second-order valence-electron chi connectivity index (χ2n) is 13.4. The van der Waals surface area contributed by atoms with Crippen molar-refractivity contribution in [1.29, 1.82) is 0 Å². The number of nitrogens with zero attached hydrogens (tertiary/aromatic N) is 3. The van der Waals surface area contributed by atoms with Gasteiger partial charge in [0.25, 0.3) is 0 Å². The first-order valence-corrected chi connectivity index (χ1v) is 17.5. The maximum absolute atomic E-state index is 2.44. The van der Waals surface area contributed by atoms with Crippen molar-refractivity contribution in [3.8, 4) is 28.2 Å². The van der Waals surface area contributed by atoms with Crippen molar-refractivity contribution in [2.45, 2.75) is 0 Å². The molecule has 0 bridgehead atoms. The molecule has 0 saturated heterocycles. The largest absolute Gasteiger partial charge is 0.309 e. The van der Waals surface area contributed by atoms with Crippen LogP contribution in [0.4, 0.5) is 0 Å². The molecule has 3 heterocycles. The van der Waals surface area contributed by atoms with Gasteiger partial charge in [-0.15, -0.1) is 0 Å². The van der Waals surface area contributed by atoms with Crippen molar-refractivity contribution in [3.63, 3.8) is 0 Å². The van der Waals surface area contributed by atoms with Gasteiger partial charge in [-0.3, -0.25) is 0 Å². The Labute approximate surface area is 294 Å². The summed E-state index contributed by atoms with van der Waals surface area (Å²) in [5.41, 5.74) is 13.1. The van der Waals surface area contributed by atoms with Crippen LogP contribution in [0.25, 0.3) is 93.6 Å². The van der Waals surface area contributed by atoms with Crippen molar-refractivity contribution in [2.75, 3.05) is 0 Å². The molecule has 0 aliphatic carbocycles. The molecule has 0 aliphatic heterocycles. The molecule has 11 aromatic rings. The minimum absolute atomic E-state index is 1.14. The molecule has 0 atom stereocenters. The van der Waals surface area contributed by atoms with Gasteiger partial charge >= 0.3 is 0 Å². The number of para-hydroxylation sites is 5. The molecule has 0 spiro atoms. The lowest BCUT2D eigenvalue weighted by Crippen LogP contribution is -1.96. The van der Waals surface area contributed by atoms with Gasteiger partial charge in [0.1, 0.15) is 0 Å². The summed E-state index contributed by atoms with van der Waals surface area (Å²) in [5, 5.41) is 7.58. The lowest BCUT2D eigenvalue weighted by molar-refractivity contribution is 1.16. The van der Waals surface area contributed by atoms with E-state index in [1.54, 1.807) is 0 Å². The normalized spacial score (nSPS) is 11.9. The summed E-state index contributed by atoms with van der Waals surface area (Å²) < 4.78 is 7.24. The fraction of sp³-hybridized carbons (Fsp3) is 0. The van der Waals surface area contributed by atoms with Gasteiger partial charge in [-0.25, -0.2) is 0 Å². The number of hydrogen-bond donors (Lipinski definition) is 0. The van der Waals surface area contributed by atoms with E-state index in [2.05, 4.69) is 202 Å². The quantitative estimate of drug-likeness (QED) is 0.180. The van der Waals surface area contributed by atoms with Gasteiger partial charge in [0.15, 0.2) is 0 Å². The summed E-state index contributed by atoms with van der Waals surface area (Å²) in [7, 11) is 0. The molecule has 3 nitrogen and oxygen atoms in total. The molecule has 0 amide bonds.